The van der Waals surface area contributed by atoms with E-state index in [-0.39, 0.29) is 18.5 Å². The van der Waals surface area contributed by atoms with Gasteiger partial charge >= 0.3 is 5.97 Å². The van der Waals surface area contributed by atoms with Crippen LogP contribution in [-0.2, 0) is 9.53 Å². The van der Waals surface area contributed by atoms with Crippen molar-refractivity contribution in [2.75, 3.05) is 26.3 Å². The number of aliphatic hydroxyl groups excluding tert-OH is 1. The van der Waals surface area contributed by atoms with Gasteiger partial charge in [-0.3, -0.25) is 4.79 Å². The molecule has 1 atom stereocenters. The Morgan fingerprint density at radius 2 is 2.31 bits per heavy atom. The zero-order valence-electron chi connectivity index (χ0n) is 8.38. The van der Waals surface area contributed by atoms with Gasteiger partial charge in [0.2, 0.25) is 0 Å². The molecule has 0 heterocycles. The standard InChI is InChI=1S/C9H19NO3/c1-3-13-9(12)8(2)7-10-5-4-6-11/h8,10-11H,3-7H2,1-2H3. The number of esters is 1. The van der Waals surface area contributed by atoms with Crippen molar-refractivity contribution in [3.63, 3.8) is 0 Å². The highest BCUT2D eigenvalue weighted by atomic mass is 16.5. The summed E-state index contributed by atoms with van der Waals surface area (Å²) in [5.41, 5.74) is 0. The third-order valence-corrected chi connectivity index (χ3v) is 1.65. The lowest BCUT2D eigenvalue weighted by atomic mass is 10.2. The van der Waals surface area contributed by atoms with E-state index in [0.717, 1.165) is 13.0 Å². The fourth-order valence-electron chi connectivity index (χ4n) is 0.890. The van der Waals surface area contributed by atoms with E-state index >= 15 is 0 Å². The van der Waals surface area contributed by atoms with E-state index in [1.807, 2.05) is 6.92 Å². The molecule has 0 saturated carbocycles. The van der Waals surface area contributed by atoms with Crippen molar-refractivity contribution in [3.05, 3.63) is 0 Å². The molecule has 2 N–H and O–H groups in total. The molecule has 0 fully saturated rings. The van der Waals surface area contributed by atoms with E-state index in [2.05, 4.69) is 5.32 Å². The van der Waals surface area contributed by atoms with Crippen LogP contribution in [0.5, 0.6) is 0 Å². The van der Waals surface area contributed by atoms with Crippen LogP contribution in [0, 0.1) is 5.92 Å². The van der Waals surface area contributed by atoms with Gasteiger partial charge in [0, 0.05) is 13.2 Å². The molecule has 0 aliphatic heterocycles. The predicted molar refractivity (Wildman–Crippen MR) is 50.4 cm³/mol. The van der Waals surface area contributed by atoms with E-state index in [9.17, 15) is 4.79 Å². The molecular formula is C9H19NO3. The van der Waals surface area contributed by atoms with Crippen LogP contribution < -0.4 is 5.32 Å². The Morgan fingerprint density at radius 3 is 2.85 bits per heavy atom. The Hall–Kier alpha value is -0.610. The maximum absolute atomic E-state index is 11.1. The van der Waals surface area contributed by atoms with Gasteiger partial charge in [-0.2, -0.15) is 0 Å². The topological polar surface area (TPSA) is 58.6 Å². The normalized spacial score (nSPS) is 12.5. The molecule has 0 rings (SSSR count). The fourth-order valence-corrected chi connectivity index (χ4v) is 0.890. The van der Waals surface area contributed by atoms with Crippen molar-refractivity contribution >= 4 is 5.97 Å². The second-order valence-corrected chi connectivity index (χ2v) is 2.93. The van der Waals surface area contributed by atoms with Crippen molar-refractivity contribution in [1.29, 1.82) is 0 Å². The highest BCUT2D eigenvalue weighted by molar-refractivity contribution is 5.72. The first kappa shape index (κ1) is 12.4. The predicted octanol–water partition coefficient (Wildman–Crippen LogP) is 0.158. The van der Waals surface area contributed by atoms with Gasteiger partial charge in [-0.05, 0) is 19.9 Å². The summed E-state index contributed by atoms with van der Waals surface area (Å²) in [6.07, 6.45) is 0.718. The lowest BCUT2D eigenvalue weighted by Crippen LogP contribution is -2.28. The van der Waals surface area contributed by atoms with E-state index in [4.69, 9.17) is 9.84 Å². The van der Waals surface area contributed by atoms with Crippen LogP contribution in [0.1, 0.15) is 20.3 Å². The maximum Gasteiger partial charge on any atom is 0.309 e. The highest BCUT2D eigenvalue weighted by Crippen LogP contribution is 1.96. The van der Waals surface area contributed by atoms with Gasteiger partial charge < -0.3 is 15.2 Å². The van der Waals surface area contributed by atoms with Crippen molar-refractivity contribution in [2.45, 2.75) is 20.3 Å². The molecule has 1 unspecified atom stereocenters. The molecule has 0 bridgehead atoms. The van der Waals surface area contributed by atoms with Crippen molar-refractivity contribution < 1.29 is 14.6 Å². The van der Waals surface area contributed by atoms with Gasteiger partial charge in [0.1, 0.15) is 0 Å². The summed E-state index contributed by atoms with van der Waals surface area (Å²) in [7, 11) is 0. The third-order valence-electron chi connectivity index (χ3n) is 1.65. The van der Waals surface area contributed by atoms with Gasteiger partial charge in [-0.25, -0.2) is 0 Å². The van der Waals surface area contributed by atoms with Crippen molar-refractivity contribution in [3.8, 4) is 0 Å². The number of carbonyl (C=O) groups is 1. The van der Waals surface area contributed by atoms with Crippen LogP contribution in [0.3, 0.4) is 0 Å². The first-order valence-electron chi connectivity index (χ1n) is 4.70. The average molecular weight is 189 g/mol. The molecule has 0 amide bonds. The minimum Gasteiger partial charge on any atom is -0.466 e. The molecule has 4 heteroatoms. The van der Waals surface area contributed by atoms with E-state index in [0.29, 0.717) is 13.2 Å². The zero-order valence-corrected chi connectivity index (χ0v) is 8.38. The van der Waals surface area contributed by atoms with Crippen LogP contribution in [0.4, 0.5) is 0 Å². The van der Waals surface area contributed by atoms with E-state index in [1.54, 1.807) is 6.92 Å². The second kappa shape index (κ2) is 8.01. The second-order valence-electron chi connectivity index (χ2n) is 2.93. The van der Waals surface area contributed by atoms with Crippen LogP contribution in [0.2, 0.25) is 0 Å². The number of rotatable bonds is 7. The smallest absolute Gasteiger partial charge is 0.309 e. The number of nitrogens with one attached hydrogen (secondary N) is 1. The molecule has 13 heavy (non-hydrogen) atoms. The summed E-state index contributed by atoms with van der Waals surface area (Å²) in [6, 6.07) is 0. The average Bonchev–Trinajstić information content (AvgIpc) is 2.12. The minimum atomic E-state index is -0.168. The van der Waals surface area contributed by atoms with Crippen molar-refractivity contribution in [2.24, 2.45) is 5.92 Å². The first-order chi connectivity index (χ1) is 6.22. The number of hydrogen-bond donors (Lipinski definition) is 2. The SMILES string of the molecule is CCOC(=O)C(C)CNCCCO. The Bertz CT molecular complexity index is 139. The molecular weight excluding hydrogens is 170 g/mol. The molecule has 0 aliphatic carbocycles. The molecule has 78 valence electrons. The highest BCUT2D eigenvalue weighted by Gasteiger charge is 2.12. The van der Waals surface area contributed by atoms with Gasteiger partial charge in [0.25, 0.3) is 0 Å². The summed E-state index contributed by atoms with van der Waals surface area (Å²) in [6.45, 7) is 5.58. The molecule has 0 aromatic rings. The third kappa shape index (κ3) is 6.54. The first-order valence-corrected chi connectivity index (χ1v) is 4.70. The Labute approximate surface area is 79.3 Å². The van der Waals surface area contributed by atoms with Crippen molar-refractivity contribution in [1.82, 2.24) is 5.32 Å². The Balaban J connectivity index is 3.38. The molecule has 0 aromatic carbocycles. The monoisotopic (exact) mass is 189 g/mol. The Morgan fingerprint density at radius 1 is 1.62 bits per heavy atom. The molecule has 0 aliphatic rings. The van der Waals surface area contributed by atoms with Crippen LogP contribution in [0.25, 0.3) is 0 Å². The minimum absolute atomic E-state index is 0.112. The molecule has 0 radical (unpaired) electrons. The zero-order chi connectivity index (χ0) is 10.1. The lowest BCUT2D eigenvalue weighted by molar-refractivity contribution is -0.147. The number of aliphatic hydroxyl groups is 1. The van der Waals surface area contributed by atoms with Crippen LogP contribution in [0.15, 0.2) is 0 Å². The fraction of sp³-hybridized carbons (Fsp3) is 0.889. The number of hydrogen-bond acceptors (Lipinski definition) is 4. The molecule has 0 saturated heterocycles. The molecule has 4 nitrogen and oxygen atoms in total. The van der Waals surface area contributed by atoms with Gasteiger partial charge in [0.15, 0.2) is 0 Å². The summed E-state index contributed by atoms with van der Waals surface area (Å²) in [5.74, 6) is -0.280. The van der Waals surface area contributed by atoms with Gasteiger partial charge in [-0.15, -0.1) is 0 Å². The number of carbonyl (C=O) groups excluding carboxylic acids is 1. The largest absolute Gasteiger partial charge is 0.466 e. The summed E-state index contributed by atoms with van der Waals surface area (Å²) in [5, 5.41) is 11.6. The lowest BCUT2D eigenvalue weighted by Gasteiger charge is -2.10. The summed E-state index contributed by atoms with van der Waals surface area (Å²) in [4.78, 5) is 11.1. The number of ether oxygens (including phenoxy) is 1. The maximum atomic E-state index is 11.1. The van der Waals surface area contributed by atoms with E-state index in [1.165, 1.54) is 0 Å². The van der Waals surface area contributed by atoms with Crippen LogP contribution >= 0.6 is 0 Å². The van der Waals surface area contributed by atoms with E-state index < -0.39 is 0 Å². The van der Waals surface area contributed by atoms with Gasteiger partial charge in [-0.1, -0.05) is 6.92 Å². The molecule has 0 aromatic heterocycles. The summed E-state index contributed by atoms with van der Waals surface area (Å²) >= 11 is 0. The van der Waals surface area contributed by atoms with Crippen LogP contribution in [-0.4, -0.2) is 37.4 Å². The van der Waals surface area contributed by atoms with Gasteiger partial charge in [0.05, 0.1) is 12.5 Å². The molecule has 0 spiro atoms. The Kier molecular flexibility index (Phi) is 7.63. The summed E-state index contributed by atoms with van der Waals surface area (Å²) < 4.78 is 4.83. The quantitative estimate of drug-likeness (QED) is 0.442.